The highest BCUT2D eigenvalue weighted by Crippen LogP contribution is 2.30. The van der Waals surface area contributed by atoms with Crippen molar-refractivity contribution >= 4 is 11.9 Å². The zero-order valence-electron chi connectivity index (χ0n) is 9.53. The topological polar surface area (TPSA) is 69.6 Å². The fourth-order valence-electron chi connectivity index (χ4n) is 2.62. The average molecular weight is 226 g/mol. The predicted molar refractivity (Wildman–Crippen MR) is 58.0 cm³/mol. The highest BCUT2D eigenvalue weighted by atomic mass is 16.4. The van der Waals surface area contributed by atoms with Crippen LogP contribution in [-0.4, -0.2) is 46.6 Å². The van der Waals surface area contributed by atoms with Gasteiger partial charge in [-0.05, 0) is 39.2 Å². The Morgan fingerprint density at radius 2 is 2.19 bits per heavy atom. The number of nitrogens with one attached hydrogen (secondary N) is 1. The summed E-state index contributed by atoms with van der Waals surface area (Å²) in [6.45, 7) is 3.07. The number of aliphatic carboxylic acids is 1. The summed E-state index contributed by atoms with van der Waals surface area (Å²) in [6.07, 6.45) is 3.15. The molecule has 2 aliphatic rings. The molecule has 2 atom stereocenters. The van der Waals surface area contributed by atoms with Crippen LogP contribution in [-0.2, 0) is 9.59 Å². The summed E-state index contributed by atoms with van der Waals surface area (Å²) in [5.74, 6) is -0.934. The van der Waals surface area contributed by atoms with E-state index in [2.05, 4.69) is 5.32 Å². The second kappa shape index (κ2) is 4.05. The van der Waals surface area contributed by atoms with Gasteiger partial charge in [0.2, 0.25) is 5.91 Å². The minimum Gasteiger partial charge on any atom is -0.480 e. The Hall–Kier alpha value is -1.10. The normalized spacial score (nSPS) is 34.3. The van der Waals surface area contributed by atoms with E-state index in [1.54, 1.807) is 11.8 Å². The number of likely N-dealkylation sites (tertiary alicyclic amines) is 1. The fraction of sp³-hybridized carbons (Fsp3) is 0.818. The van der Waals surface area contributed by atoms with E-state index in [4.69, 9.17) is 0 Å². The van der Waals surface area contributed by atoms with Crippen molar-refractivity contribution in [2.45, 2.75) is 44.2 Å². The number of hydrogen-bond acceptors (Lipinski definition) is 3. The Balaban J connectivity index is 2.13. The molecule has 0 spiro atoms. The zero-order chi connectivity index (χ0) is 11.8. The smallest absolute Gasteiger partial charge is 0.329 e. The molecule has 2 rings (SSSR count). The second-order valence-electron chi connectivity index (χ2n) is 4.82. The van der Waals surface area contributed by atoms with E-state index in [1.807, 2.05) is 0 Å². The molecule has 2 fully saturated rings. The lowest BCUT2D eigenvalue weighted by atomic mass is 9.98. The summed E-state index contributed by atoms with van der Waals surface area (Å²) in [6, 6.07) is -0.170. The van der Waals surface area contributed by atoms with E-state index < -0.39 is 11.5 Å². The Labute approximate surface area is 94.8 Å². The second-order valence-corrected chi connectivity index (χ2v) is 4.82. The third-order valence-corrected chi connectivity index (χ3v) is 3.73. The molecule has 0 bridgehead atoms. The lowest BCUT2D eigenvalue weighted by Gasteiger charge is -2.33. The predicted octanol–water partition coefficient (Wildman–Crippen LogP) is 0.204. The van der Waals surface area contributed by atoms with E-state index in [-0.39, 0.29) is 11.9 Å². The summed E-state index contributed by atoms with van der Waals surface area (Å²) >= 11 is 0. The first kappa shape index (κ1) is 11.4. The molecule has 16 heavy (non-hydrogen) atoms. The first-order chi connectivity index (χ1) is 7.55. The summed E-state index contributed by atoms with van der Waals surface area (Å²) in [4.78, 5) is 24.9. The van der Waals surface area contributed by atoms with Crippen molar-refractivity contribution in [1.29, 1.82) is 0 Å². The molecule has 0 saturated carbocycles. The molecule has 0 aromatic rings. The molecule has 2 saturated heterocycles. The van der Waals surface area contributed by atoms with Crippen LogP contribution in [0.4, 0.5) is 0 Å². The van der Waals surface area contributed by atoms with Crippen LogP contribution < -0.4 is 5.32 Å². The minimum absolute atomic E-state index is 0.0418. The maximum Gasteiger partial charge on any atom is 0.329 e. The number of carbonyl (C=O) groups excluding carboxylic acids is 1. The van der Waals surface area contributed by atoms with Gasteiger partial charge in [0.15, 0.2) is 0 Å². The van der Waals surface area contributed by atoms with Gasteiger partial charge < -0.3 is 15.3 Å². The van der Waals surface area contributed by atoms with Crippen molar-refractivity contribution < 1.29 is 14.7 Å². The molecule has 1 amide bonds. The van der Waals surface area contributed by atoms with E-state index in [9.17, 15) is 14.7 Å². The molecule has 0 aromatic carbocycles. The van der Waals surface area contributed by atoms with Gasteiger partial charge in [-0.25, -0.2) is 4.79 Å². The van der Waals surface area contributed by atoms with Gasteiger partial charge >= 0.3 is 5.97 Å². The molecule has 0 aliphatic carbocycles. The van der Waals surface area contributed by atoms with Gasteiger partial charge in [0.25, 0.3) is 0 Å². The fourth-order valence-corrected chi connectivity index (χ4v) is 2.62. The van der Waals surface area contributed by atoms with Crippen LogP contribution in [0.1, 0.15) is 32.6 Å². The highest BCUT2D eigenvalue weighted by Gasteiger charge is 2.47. The van der Waals surface area contributed by atoms with Crippen LogP contribution in [0.5, 0.6) is 0 Å². The molecule has 0 aromatic heterocycles. The van der Waals surface area contributed by atoms with Gasteiger partial charge in [0.05, 0.1) is 6.04 Å². The summed E-state index contributed by atoms with van der Waals surface area (Å²) < 4.78 is 0. The minimum atomic E-state index is -0.999. The Morgan fingerprint density at radius 1 is 1.44 bits per heavy atom. The number of carboxylic acids is 1. The lowest BCUT2D eigenvalue weighted by molar-refractivity contribution is -0.156. The Kier molecular flexibility index (Phi) is 2.88. The summed E-state index contributed by atoms with van der Waals surface area (Å²) in [5.41, 5.74) is -0.999. The molecule has 2 heterocycles. The van der Waals surface area contributed by atoms with Crippen molar-refractivity contribution in [3.63, 3.8) is 0 Å². The van der Waals surface area contributed by atoms with Crippen LogP contribution in [0, 0.1) is 0 Å². The third kappa shape index (κ3) is 1.69. The van der Waals surface area contributed by atoms with Gasteiger partial charge in [-0.2, -0.15) is 0 Å². The number of rotatable bonds is 2. The number of carbonyl (C=O) groups is 2. The molecule has 2 N–H and O–H groups in total. The van der Waals surface area contributed by atoms with Gasteiger partial charge in [0, 0.05) is 6.54 Å². The summed E-state index contributed by atoms with van der Waals surface area (Å²) in [5, 5.41) is 12.3. The van der Waals surface area contributed by atoms with E-state index in [0.29, 0.717) is 13.0 Å². The SMILES string of the molecule is CC1(C(=O)O)CCCN1C(=O)[C@H]1CCCN1. The maximum absolute atomic E-state index is 12.2. The van der Waals surface area contributed by atoms with Crippen molar-refractivity contribution in [2.75, 3.05) is 13.1 Å². The van der Waals surface area contributed by atoms with Crippen LogP contribution >= 0.6 is 0 Å². The third-order valence-electron chi connectivity index (χ3n) is 3.73. The molecule has 1 unspecified atom stereocenters. The maximum atomic E-state index is 12.2. The monoisotopic (exact) mass is 226 g/mol. The number of amides is 1. The van der Waals surface area contributed by atoms with E-state index in [1.165, 1.54) is 0 Å². The number of carboxylic acid groups (broad SMARTS) is 1. The quantitative estimate of drug-likeness (QED) is 0.706. The molecule has 5 heteroatoms. The first-order valence-electron chi connectivity index (χ1n) is 5.84. The standard InChI is InChI=1S/C11H18N2O3/c1-11(10(15)16)5-3-7-13(11)9(14)8-4-2-6-12-8/h8,12H,2-7H2,1H3,(H,15,16)/t8-,11?/m1/s1. The molecule has 0 radical (unpaired) electrons. The van der Waals surface area contributed by atoms with Gasteiger partial charge in [-0.15, -0.1) is 0 Å². The zero-order valence-corrected chi connectivity index (χ0v) is 9.53. The Morgan fingerprint density at radius 3 is 2.75 bits per heavy atom. The molecular weight excluding hydrogens is 208 g/mol. The Bertz CT molecular complexity index is 312. The first-order valence-corrected chi connectivity index (χ1v) is 5.84. The molecule has 90 valence electrons. The molecule has 2 aliphatic heterocycles. The number of nitrogens with zero attached hydrogens (tertiary/aromatic N) is 1. The van der Waals surface area contributed by atoms with Gasteiger partial charge in [-0.3, -0.25) is 4.79 Å². The van der Waals surface area contributed by atoms with E-state index in [0.717, 1.165) is 25.8 Å². The van der Waals surface area contributed by atoms with Crippen LogP contribution in [0.15, 0.2) is 0 Å². The largest absolute Gasteiger partial charge is 0.480 e. The van der Waals surface area contributed by atoms with Crippen molar-refractivity contribution in [3.8, 4) is 0 Å². The highest BCUT2D eigenvalue weighted by molar-refractivity contribution is 5.90. The van der Waals surface area contributed by atoms with Crippen molar-refractivity contribution in [2.24, 2.45) is 0 Å². The molecule has 5 nitrogen and oxygen atoms in total. The summed E-state index contributed by atoms with van der Waals surface area (Å²) in [7, 11) is 0. The van der Waals surface area contributed by atoms with Crippen molar-refractivity contribution in [1.82, 2.24) is 10.2 Å². The van der Waals surface area contributed by atoms with Crippen LogP contribution in [0.25, 0.3) is 0 Å². The number of hydrogen-bond donors (Lipinski definition) is 2. The van der Waals surface area contributed by atoms with E-state index >= 15 is 0 Å². The van der Waals surface area contributed by atoms with Gasteiger partial charge in [-0.1, -0.05) is 0 Å². The molecular formula is C11H18N2O3. The van der Waals surface area contributed by atoms with Crippen LogP contribution in [0.3, 0.4) is 0 Å². The van der Waals surface area contributed by atoms with Gasteiger partial charge in [0.1, 0.15) is 5.54 Å². The average Bonchev–Trinajstić information content (AvgIpc) is 2.85. The van der Waals surface area contributed by atoms with Crippen LogP contribution in [0.2, 0.25) is 0 Å². The lowest BCUT2D eigenvalue weighted by Crippen LogP contribution is -2.55. The van der Waals surface area contributed by atoms with Crippen molar-refractivity contribution in [3.05, 3.63) is 0 Å².